The van der Waals surface area contributed by atoms with Crippen LogP contribution in [0.5, 0.6) is 5.75 Å². The monoisotopic (exact) mass is 356 g/mol. The van der Waals surface area contributed by atoms with Gasteiger partial charge < -0.3 is 10.1 Å². The zero-order valence-corrected chi connectivity index (χ0v) is 12.0. The van der Waals surface area contributed by atoms with Crippen LogP contribution < -0.4 is 10.1 Å². The van der Waals surface area contributed by atoms with Crippen LogP contribution in [0.3, 0.4) is 0 Å². The van der Waals surface area contributed by atoms with Crippen molar-refractivity contribution in [2.75, 3.05) is 5.32 Å². The molecule has 0 bridgehead atoms. The fourth-order valence-corrected chi connectivity index (χ4v) is 2.09. The van der Waals surface area contributed by atoms with Crippen molar-refractivity contribution in [3.8, 4) is 11.8 Å². The van der Waals surface area contributed by atoms with E-state index in [1.165, 1.54) is 18.2 Å². The molecule has 3 nitrogen and oxygen atoms in total. The summed E-state index contributed by atoms with van der Waals surface area (Å²) in [6.07, 6.45) is -4.76. The van der Waals surface area contributed by atoms with E-state index in [1.807, 2.05) is 6.07 Å². The van der Waals surface area contributed by atoms with Crippen molar-refractivity contribution < 1.29 is 17.9 Å². The van der Waals surface area contributed by atoms with E-state index in [4.69, 9.17) is 5.26 Å². The number of halogens is 4. The number of benzene rings is 2. The summed E-state index contributed by atoms with van der Waals surface area (Å²) in [7, 11) is 0. The summed E-state index contributed by atoms with van der Waals surface area (Å²) in [5.41, 5.74) is 1.13. The van der Waals surface area contributed by atoms with Crippen molar-refractivity contribution in [1.29, 1.82) is 5.26 Å². The lowest BCUT2D eigenvalue weighted by Crippen LogP contribution is -2.17. The van der Waals surface area contributed by atoms with Crippen LogP contribution in [-0.2, 0) is 0 Å². The molecule has 0 aliphatic rings. The van der Waals surface area contributed by atoms with E-state index in [2.05, 4.69) is 26.0 Å². The van der Waals surface area contributed by atoms with E-state index in [0.29, 0.717) is 15.7 Å². The molecule has 0 saturated heterocycles. The van der Waals surface area contributed by atoms with Crippen LogP contribution in [-0.4, -0.2) is 6.36 Å². The molecule has 0 unspecified atom stereocenters. The van der Waals surface area contributed by atoms with Gasteiger partial charge in [-0.3, -0.25) is 0 Å². The second-order valence-corrected chi connectivity index (χ2v) is 4.83. The number of rotatable bonds is 3. The quantitative estimate of drug-likeness (QED) is 0.844. The molecule has 0 aromatic heterocycles. The number of nitrogens with zero attached hydrogens (tertiary/aromatic N) is 1. The first-order chi connectivity index (χ1) is 9.89. The normalized spacial score (nSPS) is 10.8. The maximum atomic E-state index is 12.3. The van der Waals surface area contributed by atoms with Gasteiger partial charge in [0.15, 0.2) is 5.75 Å². The van der Waals surface area contributed by atoms with E-state index in [0.717, 1.165) is 0 Å². The second-order valence-electron chi connectivity index (χ2n) is 3.98. The molecule has 2 aromatic carbocycles. The molecule has 0 aliphatic carbocycles. The Kier molecular flexibility index (Phi) is 4.38. The molecule has 0 spiro atoms. The average Bonchev–Trinajstić information content (AvgIpc) is 2.40. The molecule has 2 aromatic rings. The number of hydrogen-bond donors (Lipinski definition) is 1. The van der Waals surface area contributed by atoms with Crippen molar-refractivity contribution in [2.24, 2.45) is 0 Å². The molecular weight excluding hydrogens is 349 g/mol. The second kappa shape index (κ2) is 6.06. The topological polar surface area (TPSA) is 45.0 Å². The summed E-state index contributed by atoms with van der Waals surface area (Å²) in [5.74, 6) is -0.328. The van der Waals surface area contributed by atoms with E-state index in [9.17, 15) is 13.2 Å². The van der Waals surface area contributed by atoms with Gasteiger partial charge in [-0.25, -0.2) is 0 Å². The molecular formula is C14H8BrF3N2O. The Morgan fingerprint density at radius 1 is 1.14 bits per heavy atom. The summed E-state index contributed by atoms with van der Waals surface area (Å²) in [4.78, 5) is 0. The third-order valence-corrected chi connectivity index (χ3v) is 3.14. The van der Waals surface area contributed by atoms with Crippen molar-refractivity contribution in [3.05, 3.63) is 52.5 Å². The van der Waals surface area contributed by atoms with Crippen LogP contribution in [0.25, 0.3) is 0 Å². The van der Waals surface area contributed by atoms with Crippen LogP contribution >= 0.6 is 15.9 Å². The number of alkyl halides is 3. The van der Waals surface area contributed by atoms with Gasteiger partial charge in [-0.1, -0.05) is 12.1 Å². The van der Waals surface area contributed by atoms with Gasteiger partial charge in [0.1, 0.15) is 6.07 Å². The first-order valence-corrected chi connectivity index (χ1v) is 6.50. The molecule has 0 fully saturated rings. The highest BCUT2D eigenvalue weighted by Crippen LogP contribution is 2.32. The molecule has 7 heteroatoms. The summed E-state index contributed by atoms with van der Waals surface area (Å²) in [6, 6.07) is 12.4. The molecule has 0 heterocycles. The number of para-hydroxylation sites is 2. The fourth-order valence-electron chi connectivity index (χ4n) is 1.62. The third-order valence-electron chi connectivity index (χ3n) is 2.48. The van der Waals surface area contributed by atoms with E-state index in [-0.39, 0.29) is 11.4 Å². The predicted octanol–water partition coefficient (Wildman–Crippen LogP) is 4.96. The minimum Gasteiger partial charge on any atom is -0.404 e. The van der Waals surface area contributed by atoms with Crippen LogP contribution in [0.2, 0.25) is 0 Å². The van der Waals surface area contributed by atoms with Crippen molar-refractivity contribution in [2.45, 2.75) is 6.36 Å². The SMILES string of the molecule is N#Cc1ccc(Nc2ccccc2OC(F)(F)F)cc1Br. The molecule has 108 valence electrons. The summed E-state index contributed by atoms with van der Waals surface area (Å²) >= 11 is 3.21. The summed E-state index contributed by atoms with van der Waals surface area (Å²) in [5, 5.41) is 11.6. The van der Waals surface area contributed by atoms with Gasteiger partial charge in [-0.15, -0.1) is 13.2 Å². The predicted molar refractivity (Wildman–Crippen MR) is 75.3 cm³/mol. The van der Waals surface area contributed by atoms with Gasteiger partial charge in [0.2, 0.25) is 0 Å². The average molecular weight is 357 g/mol. The van der Waals surface area contributed by atoms with Crippen LogP contribution in [0.1, 0.15) is 5.56 Å². The van der Waals surface area contributed by atoms with Gasteiger partial charge in [0.05, 0.1) is 11.3 Å². The van der Waals surface area contributed by atoms with Crippen LogP contribution in [0.4, 0.5) is 24.5 Å². The summed E-state index contributed by atoms with van der Waals surface area (Å²) in [6.45, 7) is 0. The lowest BCUT2D eigenvalue weighted by atomic mass is 10.2. The zero-order valence-electron chi connectivity index (χ0n) is 10.4. The number of anilines is 2. The lowest BCUT2D eigenvalue weighted by molar-refractivity contribution is -0.274. The highest BCUT2D eigenvalue weighted by molar-refractivity contribution is 9.10. The number of nitrogens with one attached hydrogen (secondary N) is 1. The molecule has 0 saturated carbocycles. The van der Waals surface area contributed by atoms with E-state index in [1.54, 1.807) is 24.3 Å². The van der Waals surface area contributed by atoms with Gasteiger partial charge in [0, 0.05) is 10.2 Å². The molecule has 2 rings (SSSR count). The van der Waals surface area contributed by atoms with E-state index >= 15 is 0 Å². The van der Waals surface area contributed by atoms with Gasteiger partial charge >= 0.3 is 6.36 Å². The number of ether oxygens (including phenoxy) is 1. The highest BCUT2D eigenvalue weighted by Gasteiger charge is 2.32. The molecule has 0 amide bonds. The van der Waals surface area contributed by atoms with Crippen molar-refractivity contribution >= 4 is 27.3 Å². The molecule has 1 N–H and O–H groups in total. The lowest BCUT2D eigenvalue weighted by Gasteiger charge is -2.14. The Hall–Kier alpha value is -2.20. The van der Waals surface area contributed by atoms with Crippen molar-refractivity contribution in [3.63, 3.8) is 0 Å². The Morgan fingerprint density at radius 3 is 2.48 bits per heavy atom. The zero-order chi connectivity index (χ0) is 15.5. The minimum atomic E-state index is -4.76. The van der Waals surface area contributed by atoms with Crippen molar-refractivity contribution in [1.82, 2.24) is 0 Å². The van der Waals surface area contributed by atoms with Crippen LogP contribution in [0.15, 0.2) is 46.9 Å². The molecule has 21 heavy (non-hydrogen) atoms. The Labute approximate surface area is 127 Å². The van der Waals surface area contributed by atoms with Gasteiger partial charge in [-0.05, 0) is 46.3 Å². The third kappa shape index (κ3) is 4.13. The Balaban J connectivity index is 2.28. The minimum absolute atomic E-state index is 0.173. The Bertz CT molecular complexity index is 695. The first kappa shape index (κ1) is 15.2. The fraction of sp³-hybridized carbons (Fsp3) is 0.0714. The molecule has 0 aliphatic heterocycles. The van der Waals surface area contributed by atoms with Crippen LogP contribution in [0, 0.1) is 11.3 Å². The molecule has 0 atom stereocenters. The Morgan fingerprint density at radius 2 is 1.86 bits per heavy atom. The number of nitriles is 1. The smallest absolute Gasteiger partial charge is 0.404 e. The molecule has 0 radical (unpaired) electrons. The largest absolute Gasteiger partial charge is 0.573 e. The standard InChI is InChI=1S/C14H8BrF3N2O/c15-11-7-10(6-5-9(11)8-19)20-12-3-1-2-4-13(12)21-14(16,17)18/h1-7,20H. The highest BCUT2D eigenvalue weighted by atomic mass is 79.9. The van der Waals surface area contributed by atoms with Gasteiger partial charge in [0.25, 0.3) is 0 Å². The maximum Gasteiger partial charge on any atom is 0.573 e. The van der Waals surface area contributed by atoms with Gasteiger partial charge in [-0.2, -0.15) is 5.26 Å². The summed E-state index contributed by atoms with van der Waals surface area (Å²) < 4.78 is 41.5. The van der Waals surface area contributed by atoms with E-state index < -0.39 is 6.36 Å². The first-order valence-electron chi connectivity index (χ1n) is 5.70. The number of hydrogen-bond acceptors (Lipinski definition) is 3. The maximum absolute atomic E-state index is 12.3.